The molecule has 2 rings (SSSR count). The van der Waals surface area contributed by atoms with Gasteiger partial charge in [-0.2, -0.15) is 8.78 Å². The van der Waals surface area contributed by atoms with E-state index in [9.17, 15) is 13.2 Å². The van der Waals surface area contributed by atoms with Crippen LogP contribution in [0, 0.1) is 5.82 Å². The highest BCUT2D eigenvalue weighted by Crippen LogP contribution is 2.24. The second-order valence-electron chi connectivity index (χ2n) is 6.74. The van der Waals surface area contributed by atoms with E-state index in [0.29, 0.717) is 11.9 Å². The standard InChI is InChI=1S/C18H23F3N4O2.HI/c1-18(2,3)14-9-23-15(27-14)10-25-17(22-4)24-8-11-12(19)6-5-7-13(11)26-16(20)21;/h5-7,9,16H,8,10H2,1-4H3,(H2,22,24,25);1H. The van der Waals surface area contributed by atoms with Gasteiger partial charge < -0.3 is 19.8 Å². The largest absolute Gasteiger partial charge is 0.443 e. The van der Waals surface area contributed by atoms with Crippen molar-refractivity contribution in [2.75, 3.05) is 7.05 Å². The zero-order valence-corrected chi connectivity index (χ0v) is 18.4. The average molecular weight is 512 g/mol. The molecule has 2 N–H and O–H groups in total. The second kappa shape index (κ2) is 10.5. The van der Waals surface area contributed by atoms with Crippen LogP contribution in [0.15, 0.2) is 33.8 Å². The number of guanidine groups is 1. The quantitative estimate of drug-likeness (QED) is 0.345. The Morgan fingerprint density at radius 3 is 2.50 bits per heavy atom. The van der Waals surface area contributed by atoms with Gasteiger partial charge in [-0.25, -0.2) is 9.37 Å². The van der Waals surface area contributed by atoms with Crippen LogP contribution in [0.4, 0.5) is 13.2 Å². The van der Waals surface area contributed by atoms with Crippen LogP contribution in [0.2, 0.25) is 0 Å². The van der Waals surface area contributed by atoms with E-state index in [1.165, 1.54) is 25.2 Å². The molecule has 0 aliphatic rings. The zero-order chi connectivity index (χ0) is 20.0. The Balaban J connectivity index is 0.00000392. The van der Waals surface area contributed by atoms with Gasteiger partial charge in [-0.15, -0.1) is 24.0 Å². The molecule has 0 aliphatic carbocycles. The van der Waals surface area contributed by atoms with Gasteiger partial charge in [-0.1, -0.05) is 26.8 Å². The number of hydrogen-bond acceptors (Lipinski definition) is 4. The summed E-state index contributed by atoms with van der Waals surface area (Å²) >= 11 is 0. The third-order valence-electron chi connectivity index (χ3n) is 3.65. The van der Waals surface area contributed by atoms with E-state index in [2.05, 4.69) is 25.3 Å². The normalized spacial score (nSPS) is 11.9. The topological polar surface area (TPSA) is 71.7 Å². The fourth-order valence-corrected chi connectivity index (χ4v) is 2.21. The van der Waals surface area contributed by atoms with Gasteiger partial charge in [-0.3, -0.25) is 4.99 Å². The van der Waals surface area contributed by atoms with Gasteiger partial charge in [0.05, 0.1) is 12.7 Å². The minimum atomic E-state index is -3.04. The molecule has 0 bridgehead atoms. The lowest BCUT2D eigenvalue weighted by atomic mass is 9.94. The Kier molecular flexibility index (Phi) is 9.05. The molecule has 2 aromatic rings. The summed E-state index contributed by atoms with van der Waals surface area (Å²) in [6.45, 7) is 3.17. The van der Waals surface area contributed by atoms with Crippen LogP contribution in [0.3, 0.4) is 0 Å². The van der Waals surface area contributed by atoms with E-state index >= 15 is 0 Å². The van der Waals surface area contributed by atoms with Crippen LogP contribution in [0.25, 0.3) is 0 Å². The number of nitrogens with zero attached hydrogens (tertiary/aromatic N) is 2. The van der Waals surface area contributed by atoms with E-state index in [1.54, 1.807) is 6.20 Å². The summed E-state index contributed by atoms with van der Waals surface area (Å²) in [5.41, 5.74) is -0.177. The summed E-state index contributed by atoms with van der Waals surface area (Å²) < 4.78 is 48.9. The highest BCUT2D eigenvalue weighted by Gasteiger charge is 2.19. The fraction of sp³-hybridized carbons (Fsp3) is 0.444. The molecule has 0 unspecified atom stereocenters. The lowest BCUT2D eigenvalue weighted by molar-refractivity contribution is -0.0506. The van der Waals surface area contributed by atoms with Crippen molar-refractivity contribution in [1.82, 2.24) is 15.6 Å². The summed E-state index contributed by atoms with van der Waals surface area (Å²) in [7, 11) is 1.53. The number of aromatic nitrogens is 1. The van der Waals surface area contributed by atoms with Crippen LogP contribution < -0.4 is 15.4 Å². The molecule has 0 radical (unpaired) electrons. The van der Waals surface area contributed by atoms with Crippen molar-refractivity contribution in [2.24, 2.45) is 4.99 Å². The lowest BCUT2D eigenvalue weighted by Crippen LogP contribution is -2.36. The molecule has 0 saturated carbocycles. The van der Waals surface area contributed by atoms with Gasteiger partial charge in [0.25, 0.3) is 0 Å². The molecule has 0 spiro atoms. The van der Waals surface area contributed by atoms with Gasteiger partial charge in [0.15, 0.2) is 5.96 Å². The van der Waals surface area contributed by atoms with Gasteiger partial charge in [0.2, 0.25) is 5.89 Å². The van der Waals surface area contributed by atoms with Crippen molar-refractivity contribution in [3.05, 3.63) is 47.4 Å². The van der Waals surface area contributed by atoms with E-state index in [0.717, 1.165) is 5.76 Å². The van der Waals surface area contributed by atoms with E-state index in [4.69, 9.17) is 4.42 Å². The molecule has 10 heteroatoms. The van der Waals surface area contributed by atoms with Crippen molar-refractivity contribution < 1.29 is 22.3 Å². The summed E-state index contributed by atoms with van der Waals surface area (Å²) in [6.07, 6.45) is 1.67. The maximum absolute atomic E-state index is 14.0. The molecule has 0 atom stereocenters. The van der Waals surface area contributed by atoms with Crippen molar-refractivity contribution in [3.8, 4) is 5.75 Å². The Bertz CT molecular complexity index is 791. The Morgan fingerprint density at radius 1 is 1.25 bits per heavy atom. The number of ether oxygens (including phenoxy) is 1. The predicted octanol–water partition coefficient (Wildman–Crippen LogP) is 4.20. The summed E-state index contributed by atoms with van der Waals surface area (Å²) in [5, 5.41) is 5.82. The number of rotatable bonds is 6. The first-order chi connectivity index (χ1) is 12.7. The van der Waals surface area contributed by atoms with Crippen molar-refractivity contribution >= 4 is 29.9 Å². The van der Waals surface area contributed by atoms with Crippen molar-refractivity contribution in [1.29, 1.82) is 0 Å². The zero-order valence-electron chi connectivity index (χ0n) is 16.1. The maximum atomic E-state index is 14.0. The smallest absolute Gasteiger partial charge is 0.387 e. The van der Waals surface area contributed by atoms with Crippen LogP contribution >= 0.6 is 24.0 Å². The molecular formula is C18H24F3IN4O2. The molecule has 1 aromatic heterocycles. The Hall–Kier alpha value is -1.98. The van der Waals surface area contributed by atoms with Crippen LogP contribution in [-0.2, 0) is 18.5 Å². The number of aliphatic imine (C=N–C) groups is 1. The number of alkyl halides is 2. The molecule has 0 aliphatic heterocycles. The molecular weight excluding hydrogens is 488 g/mol. The van der Waals surface area contributed by atoms with Gasteiger partial charge >= 0.3 is 6.61 Å². The van der Waals surface area contributed by atoms with Crippen LogP contribution in [0.1, 0.15) is 38.0 Å². The summed E-state index contributed by atoms with van der Waals surface area (Å²) in [6, 6.07) is 3.76. The van der Waals surface area contributed by atoms with E-state index in [-0.39, 0.29) is 53.8 Å². The number of nitrogens with one attached hydrogen (secondary N) is 2. The summed E-state index contributed by atoms with van der Waals surface area (Å²) in [5.74, 6) is 0.670. The molecule has 28 heavy (non-hydrogen) atoms. The average Bonchev–Trinajstić information content (AvgIpc) is 3.05. The van der Waals surface area contributed by atoms with Gasteiger partial charge in [-0.05, 0) is 12.1 Å². The SMILES string of the molecule is CN=C(NCc1ncc(C(C)(C)C)o1)NCc1c(F)cccc1OC(F)F.I. The minimum absolute atomic E-state index is 0. The Morgan fingerprint density at radius 2 is 1.93 bits per heavy atom. The molecule has 1 aromatic carbocycles. The monoisotopic (exact) mass is 512 g/mol. The third kappa shape index (κ3) is 6.88. The van der Waals surface area contributed by atoms with Crippen molar-refractivity contribution in [3.63, 3.8) is 0 Å². The predicted molar refractivity (Wildman–Crippen MR) is 111 cm³/mol. The first-order valence-corrected chi connectivity index (χ1v) is 8.32. The van der Waals surface area contributed by atoms with E-state index < -0.39 is 12.4 Å². The molecule has 1 heterocycles. The van der Waals surface area contributed by atoms with Crippen LogP contribution in [0.5, 0.6) is 5.75 Å². The lowest BCUT2D eigenvalue weighted by Gasteiger charge is -2.15. The maximum Gasteiger partial charge on any atom is 0.387 e. The van der Waals surface area contributed by atoms with Gasteiger partial charge in [0.1, 0.15) is 17.3 Å². The molecule has 0 saturated heterocycles. The van der Waals surface area contributed by atoms with Crippen molar-refractivity contribution in [2.45, 2.75) is 45.9 Å². The fourth-order valence-electron chi connectivity index (χ4n) is 2.21. The van der Waals surface area contributed by atoms with E-state index in [1.807, 2.05) is 20.8 Å². The Labute approximate surface area is 179 Å². The minimum Gasteiger partial charge on any atom is -0.443 e. The number of benzene rings is 1. The summed E-state index contributed by atoms with van der Waals surface area (Å²) in [4.78, 5) is 8.20. The molecule has 6 nitrogen and oxygen atoms in total. The number of hydrogen-bond donors (Lipinski definition) is 2. The molecule has 0 amide bonds. The highest BCUT2D eigenvalue weighted by atomic mass is 127. The first kappa shape index (κ1) is 24.1. The molecule has 0 fully saturated rings. The first-order valence-electron chi connectivity index (χ1n) is 8.32. The highest BCUT2D eigenvalue weighted by molar-refractivity contribution is 14.0. The van der Waals surface area contributed by atoms with Crippen LogP contribution in [-0.4, -0.2) is 24.6 Å². The second-order valence-corrected chi connectivity index (χ2v) is 6.74. The third-order valence-corrected chi connectivity index (χ3v) is 3.65. The van der Waals surface area contributed by atoms with Gasteiger partial charge in [0, 0.05) is 24.6 Å². The molecule has 156 valence electrons. The number of halogens is 4. The number of oxazole rings is 1.